The molecular formula is C127H112O4Si. The Labute approximate surface area is 781 Å². The largest absolute Gasteiger partial charge is 0.408 e. The van der Waals surface area contributed by atoms with E-state index >= 15 is 0 Å². The predicted molar refractivity (Wildman–Crippen MR) is 544 cm³/mol. The van der Waals surface area contributed by atoms with Crippen molar-refractivity contribution in [2.45, 2.75) is 84.4 Å². The van der Waals surface area contributed by atoms with E-state index in [-0.39, 0.29) is 6.10 Å². The summed E-state index contributed by atoms with van der Waals surface area (Å²) in [5.74, 6) is -5.32. The molecule has 4 nitrogen and oxygen atoms in total. The van der Waals surface area contributed by atoms with Crippen LogP contribution in [0.5, 0.6) is 0 Å². The van der Waals surface area contributed by atoms with Gasteiger partial charge in [-0.3, -0.25) is 0 Å². The third-order valence-electron chi connectivity index (χ3n) is 28.1. The van der Waals surface area contributed by atoms with Gasteiger partial charge >= 0.3 is 8.56 Å². The summed E-state index contributed by atoms with van der Waals surface area (Å²) in [6.45, 7) is 4.09. The van der Waals surface area contributed by atoms with E-state index in [0.29, 0.717) is 32.7 Å². The summed E-state index contributed by atoms with van der Waals surface area (Å²) in [6, 6.07) is 208. The van der Waals surface area contributed by atoms with E-state index in [1.54, 1.807) is 0 Å². The molecule has 5 heteroatoms. The molecule has 2 unspecified atom stereocenters. The minimum absolute atomic E-state index is 0.0116. The Bertz CT molecular complexity index is 5650. The first-order valence-corrected chi connectivity index (χ1v) is 48.7. The highest BCUT2D eigenvalue weighted by atomic mass is 28.4. The van der Waals surface area contributed by atoms with Crippen LogP contribution in [0.25, 0.3) is 0 Å². The quantitative estimate of drug-likeness (QED) is 0.0220. The Morgan fingerprint density at radius 3 is 0.576 bits per heavy atom. The predicted octanol–water partition coefficient (Wildman–Crippen LogP) is 28.6. The molecule has 18 aromatic carbocycles. The Hall–Kier alpha value is -14.0. The normalized spacial score (nSPS) is 13.6. The minimum atomic E-state index is -5.32. The van der Waals surface area contributed by atoms with Crippen molar-refractivity contribution in [3.05, 3.63) is 635 Å². The zero-order chi connectivity index (χ0) is 89.1. The van der Waals surface area contributed by atoms with Crippen LogP contribution in [0.3, 0.4) is 0 Å². The van der Waals surface area contributed by atoms with Crippen LogP contribution in [0.2, 0.25) is 0 Å². The Kier molecular flexibility index (Phi) is 27.1. The molecule has 19 rings (SSSR count). The molecule has 2 atom stereocenters. The fraction of sp³-hybridized carbons (Fsp3) is 0.150. The highest BCUT2D eigenvalue weighted by Gasteiger charge is 2.76. The highest BCUT2D eigenvalue weighted by Crippen LogP contribution is 2.76. The molecule has 1 aliphatic rings. The first-order valence-electron chi connectivity index (χ1n) is 46.9. The number of rotatable bonds is 38. The number of epoxide rings is 1. The van der Waals surface area contributed by atoms with Crippen molar-refractivity contribution in [1.82, 2.24) is 0 Å². The van der Waals surface area contributed by atoms with Crippen LogP contribution in [-0.2, 0) is 18.3 Å². The van der Waals surface area contributed by atoms with E-state index in [1.165, 1.54) is 0 Å². The van der Waals surface area contributed by atoms with Gasteiger partial charge < -0.3 is 18.3 Å². The SMILES string of the molecule is CC(CCCOCC1CO1)(O[Si](OC(C(c1ccccc1)c1ccccc1)(C(c1ccccc1)c1ccccc1)C(C(c1ccccc1)c1ccccc1)(C(c1ccccc1)c1ccccc1)C(c1ccccc1)c1ccccc1)(c1ccccc1)c1ccccc1)C(C(c1ccccc1)c1ccccc1)(C(c1ccccc1)c1ccccc1)C(c1ccccc1)c1ccccc1. The van der Waals surface area contributed by atoms with Gasteiger partial charge in [-0.05, 0) is 119 Å². The van der Waals surface area contributed by atoms with Gasteiger partial charge in [0.05, 0.1) is 24.4 Å². The van der Waals surface area contributed by atoms with E-state index in [0.717, 1.165) is 99.4 Å². The van der Waals surface area contributed by atoms with Gasteiger partial charge in [-0.2, -0.15) is 0 Å². The molecule has 1 aliphatic heterocycles. The lowest BCUT2D eigenvalue weighted by Gasteiger charge is -2.69. The van der Waals surface area contributed by atoms with Crippen LogP contribution in [0.1, 0.15) is 156 Å². The van der Waals surface area contributed by atoms with Crippen LogP contribution >= 0.6 is 0 Å². The summed E-state index contributed by atoms with van der Waals surface area (Å²) < 4.78 is 35.4. The summed E-state index contributed by atoms with van der Waals surface area (Å²) in [5, 5.41) is 1.84. The van der Waals surface area contributed by atoms with Crippen molar-refractivity contribution in [3.8, 4) is 0 Å². The first kappa shape index (κ1) is 87.3. The average Bonchev–Trinajstić information content (AvgIpc) is 1.06. The standard InChI is InChI=1S/C127H112O4Si/c1-124(93-56-94-128-95-113-96-129-113,125(116(97-57-20-2-21-58-97)98-59-22-3-23-60-98,117(99-61-24-4-25-62-99)100-63-26-5-27-64-100)118(101-65-28-6-29-66-101)102-67-30-7-31-68-102)130-132(114-89-52-18-53-90-114,115-91-54-19-55-92-115)131-127(122(109-81-44-14-45-82-109)110-83-46-15-47-84-110,123(111-85-48-16-49-86-111)112-87-50-17-51-88-112)126(119(103-69-32-8-33-70-103)104-71-34-9-35-72-104,120(105-73-36-10-37-74-105)106-75-38-11-39-76-106)121(107-77-40-12-41-78-107)108-79-42-13-43-80-108/h2-55,57-92,113,116-123H,56,93-96H2,1H3. The maximum Gasteiger partial charge on any atom is 0.408 e. The zero-order valence-corrected chi connectivity index (χ0v) is 75.8. The van der Waals surface area contributed by atoms with Gasteiger partial charge in [0.2, 0.25) is 0 Å². The molecular weight excluding hydrogens is 1620 g/mol. The number of ether oxygens (including phenoxy) is 2. The van der Waals surface area contributed by atoms with Crippen LogP contribution in [-0.4, -0.2) is 45.7 Å². The van der Waals surface area contributed by atoms with Gasteiger partial charge in [0, 0.05) is 64.8 Å². The van der Waals surface area contributed by atoms with Gasteiger partial charge in [-0.1, -0.05) is 546 Å². The first-order chi connectivity index (χ1) is 65.4. The zero-order valence-electron chi connectivity index (χ0n) is 74.8. The van der Waals surface area contributed by atoms with Gasteiger partial charge in [0.1, 0.15) is 6.10 Å². The lowest BCUT2D eigenvalue weighted by Crippen LogP contribution is -2.77. The monoisotopic (exact) mass is 1730 g/mol. The van der Waals surface area contributed by atoms with Crippen molar-refractivity contribution >= 4 is 18.9 Å². The molecule has 648 valence electrons. The topological polar surface area (TPSA) is 40.2 Å². The second-order valence-corrected chi connectivity index (χ2v) is 38.4. The van der Waals surface area contributed by atoms with Crippen LogP contribution in [0.15, 0.2) is 546 Å². The molecule has 0 aromatic heterocycles. The summed E-state index contributed by atoms with van der Waals surface area (Å²) in [7, 11) is -5.32. The maximum atomic E-state index is 11.4. The van der Waals surface area contributed by atoms with E-state index < -0.39 is 77.9 Å². The molecule has 0 amide bonds. The van der Waals surface area contributed by atoms with Crippen molar-refractivity contribution in [2.75, 3.05) is 19.8 Å². The molecule has 0 spiro atoms. The number of hydrogen-bond acceptors (Lipinski definition) is 4. The van der Waals surface area contributed by atoms with Crippen LogP contribution in [0, 0.1) is 10.8 Å². The van der Waals surface area contributed by atoms with Gasteiger partial charge in [-0.15, -0.1) is 0 Å². The molecule has 1 heterocycles. The maximum absolute atomic E-state index is 11.4. The molecule has 0 radical (unpaired) electrons. The lowest BCUT2D eigenvalue weighted by atomic mass is 9.39. The molecule has 0 aliphatic carbocycles. The van der Waals surface area contributed by atoms with E-state index in [2.05, 4.69) is 553 Å². The third kappa shape index (κ3) is 17.5. The summed E-state index contributed by atoms with van der Waals surface area (Å²) in [5.41, 5.74) is 11.4. The Balaban J connectivity index is 1.13. The smallest absolute Gasteiger partial charge is 0.381 e. The van der Waals surface area contributed by atoms with E-state index in [4.69, 9.17) is 9.47 Å². The molecule has 1 saturated heterocycles. The van der Waals surface area contributed by atoms with Gasteiger partial charge in [0.15, 0.2) is 0 Å². The Morgan fingerprint density at radius 1 is 0.227 bits per heavy atom. The van der Waals surface area contributed by atoms with Gasteiger partial charge in [0.25, 0.3) is 0 Å². The summed E-state index contributed by atoms with van der Waals surface area (Å²) in [4.78, 5) is 0. The molecule has 18 aromatic rings. The molecule has 0 N–H and O–H groups in total. The minimum Gasteiger partial charge on any atom is -0.381 e. The fourth-order valence-electron chi connectivity index (χ4n) is 23.2. The van der Waals surface area contributed by atoms with Crippen molar-refractivity contribution in [3.63, 3.8) is 0 Å². The van der Waals surface area contributed by atoms with E-state index in [1.807, 2.05) is 0 Å². The average molecular weight is 1730 g/mol. The van der Waals surface area contributed by atoms with Crippen LogP contribution < -0.4 is 10.4 Å². The molecule has 132 heavy (non-hydrogen) atoms. The second kappa shape index (κ2) is 41.0. The summed E-state index contributed by atoms with van der Waals surface area (Å²) >= 11 is 0. The van der Waals surface area contributed by atoms with Crippen LogP contribution in [0.4, 0.5) is 0 Å². The summed E-state index contributed by atoms with van der Waals surface area (Å²) in [6.07, 6.45) is 0.975. The molecule has 1 fully saturated rings. The van der Waals surface area contributed by atoms with Gasteiger partial charge in [-0.25, -0.2) is 0 Å². The highest BCUT2D eigenvalue weighted by molar-refractivity contribution is 6.92. The number of hydrogen-bond donors (Lipinski definition) is 0. The third-order valence-corrected chi connectivity index (χ3v) is 31.6. The van der Waals surface area contributed by atoms with Crippen molar-refractivity contribution in [1.29, 1.82) is 0 Å². The Morgan fingerprint density at radius 2 is 0.394 bits per heavy atom. The number of benzene rings is 18. The molecule has 0 bridgehead atoms. The van der Waals surface area contributed by atoms with Crippen molar-refractivity contribution in [2.24, 2.45) is 10.8 Å². The van der Waals surface area contributed by atoms with E-state index in [9.17, 15) is 8.85 Å². The fourth-order valence-corrected chi connectivity index (χ4v) is 27.1. The second-order valence-electron chi connectivity index (χ2n) is 35.6. The van der Waals surface area contributed by atoms with Crippen molar-refractivity contribution < 1.29 is 18.3 Å². The molecule has 0 saturated carbocycles. The lowest BCUT2D eigenvalue weighted by molar-refractivity contribution is -0.157.